The summed E-state index contributed by atoms with van der Waals surface area (Å²) < 4.78 is 4.14. The van der Waals surface area contributed by atoms with Crippen LogP contribution in [-0.2, 0) is 9.53 Å². The molecule has 0 aromatic carbocycles. The van der Waals surface area contributed by atoms with E-state index in [0.29, 0.717) is 0 Å². The van der Waals surface area contributed by atoms with Crippen molar-refractivity contribution < 1.29 is 24.9 Å². The van der Waals surface area contributed by atoms with E-state index in [2.05, 4.69) is 11.3 Å². The zero-order valence-electron chi connectivity index (χ0n) is 5.80. The van der Waals surface area contributed by atoms with Crippen LogP contribution in [0.2, 0.25) is 0 Å². The third kappa shape index (κ3) is 3.72. The van der Waals surface area contributed by atoms with Gasteiger partial charge in [0, 0.05) is 6.08 Å². The Labute approximate surface area is 63.5 Å². The summed E-state index contributed by atoms with van der Waals surface area (Å²) in [6.45, 7) is 2.39. The summed E-state index contributed by atoms with van der Waals surface area (Å²) in [6.07, 6.45) is -2.34. The van der Waals surface area contributed by atoms with Gasteiger partial charge in [-0.3, -0.25) is 0 Å². The molecule has 5 nitrogen and oxygen atoms in total. The second kappa shape index (κ2) is 4.84. The third-order valence-electron chi connectivity index (χ3n) is 0.920. The molecule has 0 fully saturated rings. The first-order valence-electron chi connectivity index (χ1n) is 2.92. The van der Waals surface area contributed by atoms with E-state index in [0.717, 1.165) is 6.08 Å². The predicted molar refractivity (Wildman–Crippen MR) is 35.4 cm³/mol. The highest BCUT2D eigenvalue weighted by Gasteiger charge is 2.17. The van der Waals surface area contributed by atoms with E-state index in [1.807, 2.05) is 0 Å². The van der Waals surface area contributed by atoms with E-state index in [1.165, 1.54) is 0 Å². The van der Waals surface area contributed by atoms with Gasteiger partial charge in [-0.25, -0.2) is 4.79 Å². The van der Waals surface area contributed by atoms with Gasteiger partial charge in [0.15, 0.2) is 0 Å². The Morgan fingerprint density at radius 3 is 2.55 bits per heavy atom. The molecule has 0 spiro atoms. The lowest BCUT2D eigenvalue weighted by atomic mass is 10.4. The van der Waals surface area contributed by atoms with Crippen LogP contribution in [0.5, 0.6) is 0 Å². The minimum atomic E-state index is -1.70. The van der Waals surface area contributed by atoms with Crippen LogP contribution in [0.25, 0.3) is 0 Å². The molecule has 0 aliphatic heterocycles. The minimum absolute atomic E-state index is 0.675. The number of aliphatic hydroxyl groups excluding tert-OH is 3. The molecule has 0 radical (unpaired) electrons. The monoisotopic (exact) mass is 162 g/mol. The summed E-state index contributed by atoms with van der Waals surface area (Å²) in [5, 5.41) is 25.6. The molecule has 3 N–H and O–H groups in total. The Morgan fingerprint density at radius 2 is 2.18 bits per heavy atom. The lowest BCUT2D eigenvalue weighted by molar-refractivity contribution is -0.185. The van der Waals surface area contributed by atoms with Crippen molar-refractivity contribution >= 4 is 5.97 Å². The molecule has 0 rings (SSSR count). The van der Waals surface area contributed by atoms with Crippen molar-refractivity contribution in [2.75, 3.05) is 6.61 Å². The SMILES string of the molecule is C=CC(=O)OC(O)C(O)CO. The van der Waals surface area contributed by atoms with Crippen molar-refractivity contribution in [1.29, 1.82) is 0 Å². The third-order valence-corrected chi connectivity index (χ3v) is 0.920. The molecule has 11 heavy (non-hydrogen) atoms. The fourth-order valence-corrected chi connectivity index (χ4v) is 0.336. The number of aliphatic hydroxyl groups is 3. The summed E-state index contributed by atoms with van der Waals surface area (Å²) in [5.41, 5.74) is 0. The van der Waals surface area contributed by atoms with Gasteiger partial charge in [0.1, 0.15) is 6.10 Å². The molecule has 0 aromatic rings. The van der Waals surface area contributed by atoms with Gasteiger partial charge in [-0.1, -0.05) is 6.58 Å². The quantitative estimate of drug-likeness (QED) is 0.263. The van der Waals surface area contributed by atoms with Crippen LogP contribution in [0.1, 0.15) is 0 Å². The average molecular weight is 162 g/mol. The van der Waals surface area contributed by atoms with Crippen LogP contribution in [0.4, 0.5) is 0 Å². The van der Waals surface area contributed by atoms with Crippen LogP contribution >= 0.6 is 0 Å². The Kier molecular flexibility index (Phi) is 4.44. The first-order chi connectivity index (χ1) is 5.11. The predicted octanol–water partition coefficient (Wildman–Crippen LogP) is -1.61. The highest BCUT2D eigenvalue weighted by molar-refractivity contribution is 5.81. The first kappa shape index (κ1) is 10.1. The second-order valence-corrected chi connectivity index (χ2v) is 1.78. The van der Waals surface area contributed by atoms with Crippen molar-refractivity contribution in [3.05, 3.63) is 12.7 Å². The number of rotatable bonds is 4. The molecular formula is C6H10O5. The standard InChI is InChI=1S/C6H10O5/c1-2-5(9)11-6(10)4(8)3-7/h2,4,6-8,10H,1,3H2. The molecule has 0 saturated heterocycles. The van der Waals surface area contributed by atoms with E-state index < -0.39 is 25.0 Å². The molecule has 0 heterocycles. The highest BCUT2D eigenvalue weighted by Crippen LogP contribution is 1.95. The number of hydrogen-bond donors (Lipinski definition) is 3. The molecule has 0 aliphatic rings. The average Bonchev–Trinajstić information content (AvgIpc) is 2.02. The van der Waals surface area contributed by atoms with Crippen LogP contribution in [0.3, 0.4) is 0 Å². The Morgan fingerprint density at radius 1 is 1.64 bits per heavy atom. The summed E-state index contributed by atoms with van der Waals surface area (Å²) in [7, 11) is 0. The lowest BCUT2D eigenvalue weighted by Crippen LogP contribution is -2.33. The van der Waals surface area contributed by atoms with Gasteiger partial charge in [0.2, 0.25) is 6.29 Å². The minimum Gasteiger partial charge on any atom is -0.430 e. The molecule has 0 bridgehead atoms. The van der Waals surface area contributed by atoms with Gasteiger partial charge in [0.05, 0.1) is 6.61 Å². The van der Waals surface area contributed by atoms with E-state index >= 15 is 0 Å². The number of ether oxygens (including phenoxy) is 1. The topological polar surface area (TPSA) is 87.0 Å². The number of hydrogen-bond acceptors (Lipinski definition) is 5. The maximum atomic E-state index is 10.3. The van der Waals surface area contributed by atoms with Crippen molar-refractivity contribution in [1.82, 2.24) is 0 Å². The Bertz CT molecular complexity index is 144. The Hall–Kier alpha value is -0.910. The zero-order valence-corrected chi connectivity index (χ0v) is 5.80. The van der Waals surface area contributed by atoms with E-state index in [-0.39, 0.29) is 0 Å². The molecule has 64 valence electrons. The largest absolute Gasteiger partial charge is 0.430 e. The number of esters is 1. The van der Waals surface area contributed by atoms with Gasteiger partial charge in [-0.2, -0.15) is 0 Å². The van der Waals surface area contributed by atoms with Gasteiger partial charge in [-0.05, 0) is 0 Å². The first-order valence-corrected chi connectivity index (χ1v) is 2.92. The molecule has 0 aromatic heterocycles. The molecule has 0 amide bonds. The van der Waals surface area contributed by atoms with Crippen molar-refractivity contribution in [3.63, 3.8) is 0 Å². The van der Waals surface area contributed by atoms with Crippen LogP contribution in [0.15, 0.2) is 12.7 Å². The van der Waals surface area contributed by atoms with Crippen LogP contribution in [-0.4, -0.2) is 40.3 Å². The molecular weight excluding hydrogens is 152 g/mol. The maximum absolute atomic E-state index is 10.3. The van der Waals surface area contributed by atoms with Crippen LogP contribution in [0, 0.1) is 0 Å². The smallest absolute Gasteiger partial charge is 0.332 e. The van der Waals surface area contributed by atoms with Gasteiger partial charge < -0.3 is 20.1 Å². The Balaban J connectivity index is 3.76. The molecule has 0 saturated carbocycles. The fourth-order valence-electron chi connectivity index (χ4n) is 0.336. The normalized spacial score (nSPS) is 15.2. The molecule has 5 heteroatoms. The van der Waals surface area contributed by atoms with E-state index in [1.54, 1.807) is 0 Å². The molecule has 0 aliphatic carbocycles. The summed E-state index contributed by atoms with van der Waals surface area (Å²) in [6, 6.07) is 0. The summed E-state index contributed by atoms with van der Waals surface area (Å²) in [4.78, 5) is 10.3. The molecule has 2 unspecified atom stereocenters. The summed E-state index contributed by atoms with van der Waals surface area (Å²) >= 11 is 0. The van der Waals surface area contributed by atoms with E-state index in [9.17, 15) is 4.79 Å². The highest BCUT2D eigenvalue weighted by atomic mass is 16.6. The maximum Gasteiger partial charge on any atom is 0.332 e. The summed E-state index contributed by atoms with van der Waals surface area (Å²) in [5.74, 6) is -0.856. The zero-order chi connectivity index (χ0) is 8.85. The van der Waals surface area contributed by atoms with Crippen molar-refractivity contribution in [2.45, 2.75) is 12.4 Å². The second-order valence-electron chi connectivity index (χ2n) is 1.78. The van der Waals surface area contributed by atoms with Gasteiger partial charge in [-0.15, -0.1) is 0 Å². The molecule has 2 atom stereocenters. The van der Waals surface area contributed by atoms with Crippen molar-refractivity contribution in [2.24, 2.45) is 0 Å². The fraction of sp³-hybridized carbons (Fsp3) is 0.500. The van der Waals surface area contributed by atoms with E-state index in [4.69, 9.17) is 15.3 Å². The number of carbonyl (C=O) groups is 1. The van der Waals surface area contributed by atoms with Crippen LogP contribution < -0.4 is 0 Å². The van der Waals surface area contributed by atoms with Crippen molar-refractivity contribution in [3.8, 4) is 0 Å². The lowest BCUT2D eigenvalue weighted by Gasteiger charge is -2.14. The van der Waals surface area contributed by atoms with Gasteiger partial charge >= 0.3 is 5.97 Å². The number of carbonyl (C=O) groups excluding carboxylic acids is 1. The van der Waals surface area contributed by atoms with Gasteiger partial charge in [0.25, 0.3) is 0 Å².